The Hall–Kier alpha value is -2.03. The van der Waals surface area contributed by atoms with E-state index in [1.807, 2.05) is 31.2 Å². The summed E-state index contributed by atoms with van der Waals surface area (Å²) in [6.07, 6.45) is 3.50. The molecule has 1 aromatic carbocycles. The number of benzene rings is 1. The summed E-state index contributed by atoms with van der Waals surface area (Å²) in [5.41, 5.74) is 9.75. The van der Waals surface area contributed by atoms with Crippen LogP contribution in [0.3, 0.4) is 0 Å². The summed E-state index contributed by atoms with van der Waals surface area (Å²) < 4.78 is 5.31. The molecule has 0 aliphatic carbocycles. The Morgan fingerprint density at radius 3 is 2.75 bits per heavy atom. The molecule has 0 amide bonds. The lowest BCUT2D eigenvalue weighted by Crippen LogP contribution is -1.94. The fourth-order valence-corrected chi connectivity index (χ4v) is 1.71. The first-order valence-electron chi connectivity index (χ1n) is 5.07. The Labute approximate surface area is 94.9 Å². The Balaban J connectivity index is 2.63. The van der Waals surface area contributed by atoms with E-state index >= 15 is 0 Å². The van der Waals surface area contributed by atoms with Crippen molar-refractivity contribution in [3.05, 3.63) is 42.2 Å². The van der Waals surface area contributed by atoms with Gasteiger partial charge in [0.2, 0.25) is 0 Å². The zero-order valence-corrected chi connectivity index (χ0v) is 9.40. The van der Waals surface area contributed by atoms with Gasteiger partial charge in [0.25, 0.3) is 0 Å². The topological polar surface area (TPSA) is 48.1 Å². The Kier molecular flexibility index (Phi) is 2.77. The zero-order valence-electron chi connectivity index (χ0n) is 9.40. The third kappa shape index (κ3) is 1.72. The van der Waals surface area contributed by atoms with Gasteiger partial charge in [-0.2, -0.15) is 0 Å². The number of hydrogen-bond acceptors (Lipinski definition) is 3. The van der Waals surface area contributed by atoms with E-state index in [4.69, 9.17) is 10.5 Å². The van der Waals surface area contributed by atoms with Gasteiger partial charge in [0, 0.05) is 23.6 Å². The minimum absolute atomic E-state index is 0.781. The summed E-state index contributed by atoms with van der Waals surface area (Å²) in [6.45, 7) is 2.00. The van der Waals surface area contributed by atoms with Crippen LogP contribution in [0.2, 0.25) is 0 Å². The number of methoxy groups -OCH3 is 1. The molecule has 0 bridgehead atoms. The van der Waals surface area contributed by atoms with Crippen molar-refractivity contribution in [3.63, 3.8) is 0 Å². The number of nitrogen functional groups attached to an aromatic ring is 1. The second-order valence-electron chi connectivity index (χ2n) is 3.60. The highest BCUT2D eigenvalue weighted by molar-refractivity contribution is 5.76. The van der Waals surface area contributed by atoms with Crippen LogP contribution in [0.5, 0.6) is 5.75 Å². The van der Waals surface area contributed by atoms with E-state index in [1.165, 1.54) is 0 Å². The molecule has 2 rings (SSSR count). The van der Waals surface area contributed by atoms with Gasteiger partial charge in [-0.25, -0.2) is 0 Å². The number of hydrogen-bond donors (Lipinski definition) is 1. The van der Waals surface area contributed by atoms with Gasteiger partial charge in [0.1, 0.15) is 5.75 Å². The van der Waals surface area contributed by atoms with Gasteiger partial charge in [0.05, 0.1) is 7.11 Å². The number of pyridine rings is 1. The number of nitrogens with zero attached hydrogens (tertiary/aromatic N) is 1. The molecule has 0 saturated heterocycles. The number of ether oxygens (including phenoxy) is 1. The second kappa shape index (κ2) is 4.23. The molecule has 82 valence electrons. The molecule has 0 aliphatic heterocycles. The SMILES string of the molecule is COc1ccncc1-c1cccc(N)c1C. The third-order valence-electron chi connectivity index (χ3n) is 2.67. The van der Waals surface area contributed by atoms with Crippen LogP contribution < -0.4 is 10.5 Å². The molecule has 1 aromatic heterocycles. The monoisotopic (exact) mass is 214 g/mol. The van der Waals surface area contributed by atoms with Gasteiger partial charge in [0.15, 0.2) is 0 Å². The lowest BCUT2D eigenvalue weighted by Gasteiger charge is -2.11. The largest absolute Gasteiger partial charge is 0.496 e. The summed E-state index contributed by atoms with van der Waals surface area (Å²) in [5, 5.41) is 0. The molecular weight excluding hydrogens is 200 g/mol. The van der Waals surface area contributed by atoms with Crippen molar-refractivity contribution >= 4 is 5.69 Å². The summed E-state index contributed by atoms with van der Waals surface area (Å²) in [5.74, 6) is 0.809. The van der Waals surface area contributed by atoms with E-state index in [0.717, 1.165) is 28.1 Å². The second-order valence-corrected chi connectivity index (χ2v) is 3.60. The lowest BCUT2D eigenvalue weighted by molar-refractivity contribution is 0.416. The van der Waals surface area contributed by atoms with Gasteiger partial charge in [-0.3, -0.25) is 4.98 Å². The predicted octanol–water partition coefficient (Wildman–Crippen LogP) is 2.65. The molecule has 0 atom stereocenters. The van der Waals surface area contributed by atoms with Crippen LogP contribution in [-0.2, 0) is 0 Å². The van der Waals surface area contributed by atoms with E-state index in [1.54, 1.807) is 19.5 Å². The molecule has 16 heavy (non-hydrogen) atoms. The third-order valence-corrected chi connectivity index (χ3v) is 2.67. The molecule has 0 radical (unpaired) electrons. The predicted molar refractivity (Wildman–Crippen MR) is 65.4 cm³/mol. The Morgan fingerprint density at radius 1 is 1.19 bits per heavy atom. The minimum atomic E-state index is 0.781. The zero-order chi connectivity index (χ0) is 11.5. The number of aromatic nitrogens is 1. The average molecular weight is 214 g/mol. The van der Waals surface area contributed by atoms with Crippen LogP contribution in [0, 0.1) is 6.92 Å². The van der Waals surface area contributed by atoms with Gasteiger partial charge in [-0.15, -0.1) is 0 Å². The van der Waals surface area contributed by atoms with E-state index in [9.17, 15) is 0 Å². The van der Waals surface area contributed by atoms with Gasteiger partial charge in [-0.1, -0.05) is 12.1 Å². The van der Waals surface area contributed by atoms with Gasteiger partial charge >= 0.3 is 0 Å². The van der Waals surface area contributed by atoms with Crippen LogP contribution in [0.1, 0.15) is 5.56 Å². The van der Waals surface area contributed by atoms with Crippen LogP contribution in [0.25, 0.3) is 11.1 Å². The standard InChI is InChI=1S/C13H14N2O/c1-9-10(4-3-5-12(9)14)11-8-15-7-6-13(11)16-2/h3-8H,14H2,1-2H3. The van der Waals surface area contributed by atoms with Crippen molar-refractivity contribution in [1.29, 1.82) is 0 Å². The molecule has 2 N–H and O–H groups in total. The van der Waals surface area contributed by atoms with Crippen molar-refractivity contribution in [1.82, 2.24) is 4.98 Å². The summed E-state index contributed by atoms with van der Waals surface area (Å²) in [7, 11) is 1.65. The first-order valence-corrected chi connectivity index (χ1v) is 5.07. The maximum absolute atomic E-state index is 5.89. The Bertz CT molecular complexity index is 509. The highest BCUT2D eigenvalue weighted by Gasteiger charge is 2.09. The Morgan fingerprint density at radius 2 is 2.00 bits per heavy atom. The van der Waals surface area contributed by atoms with Crippen molar-refractivity contribution in [3.8, 4) is 16.9 Å². The summed E-state index contributed by atoms with van der Waals surface area (Å²) >= 11 is 0. The van der Waals surface area contributed by atoms with E-state index < -0.39 is 0 Å². The van der Waals surface area contributed by atoms with Crippen molar-refractivity contribution in [2.75, 3.05) is 12.8 Å². The van der Waals surface area contributed by atoms with Crippen LogP contribution in [0.15, 0.2) is 36.7 Å². The van der Waals surface area contributed by atoms with E-state index in [2.05, 4.69) is 4.98 Å². The molecule has 0 aliphatic rings. The molecule has 0 fully saturated rings. The maximum Gasteiger partial charge on any atom is 0.129 e. The molecule has 3 nitrogen and oxygen atoms in total. The molecule has 0 unspecified atom stereocenters. The molecular formula is C13H14N2O. The van der Waals surface area contributed by atoms with Crippen LogP contribution in [0.4, 0.5) is 5.69 Å². The number of rotatable bonds is 2. The first kappa shape index (κ1) is 10.5. The van der Waals surface area contributed by atoms with Crippen LogP contribution in [-0.4, -0.2) is 12.1 Å². The summed E-state index contributed by atoms with van der Waals surface area (Å²) in [4.78, 5) is 4.12. The number of anilines is 1. The fraction of sp³-hybridized carbons (Fsp3) is 0.154. The van der Waals surface area contributed by atoms with Gasteiger partial charge in [-0.05, 0) is 30.2 Å². The molecule has 1 heterocycles. The van der Waals surface area contributed by atoms with Crippen LogP contribution >= 0.6 is 0 Å². The van der Waals surface area contributed by atoms with Gasteiger partial charge < -0.3 is 10.5 Å². The van der Waals surface area contributed by atoms with Crippen molar-refractivity contribution in [2.45, 2.75) is 6.92 Å². The van der Waals surface area contributed by atoms with E-state index in [0.29, 0.717) is 0 Å². The highest BCUT2D eigenvalue weighted by Crippen LogP contribution is 2.32. The quantitative estimate of drug-likeness (QED) is 0.782. The summed E-state index contributed by atoms with van der Waals surface area (Å²) in [6, 6.07) is 7.69. The maximum atomic E-state index is 5.89. The normalized spacial score (nSPS) is 10.1. The highest BCUT2D eigenvalue weighted by atomic mass is 16.5. The molecule has 0 saturated carbocycles. The minimum Gasteiger partial charge on any atom is -0.496 e. The molecule has 2 aromatic rings. The molecule has 3 heteroatoms. The fourth-order valence-electron chi connectivity index (χ4n) is 1.71. The smallest absolute Gasteiger partial charge is 0.129 e. The average Bonchev–Trinajstić information content (AvgIpc) is 2.33. The molecule has 0 spiro atoms. The van der Waals surface area contributed by atoms with Crippen molar-refractivity contribution < 1.29 is 4.74 Å². The van der Waals surface area contributed by atoms with E-state index in [-0.39, 0.29) is 0 Å². The first-order chi connectivity index (χ1) is 7.74. The van der Waals surface area contributed by atoms with Crippen molar-refractivity contribution in [2.24, 2.45) is 0 Å². The lowest BCUT2D eigenvalue weighted by atomic mass is 10.0. The number of nitrogens with two attached hydrogens (primary N) is 1.